The van der Waals surface area contributed by atoms with E-state index < -0.39 is 0 Å². The maximum atomic E-state index is 13.0. The number of carbonyl (C=O) groups excluding carboxylic acids is 1. The maximum Gasteiger partial charge on any atom is 0.252 e. The highest BCUT2D eigenvalue weighted by atomic mass is 32.1. The van der Waals surface area contributed by atoms with Crippen molar-refractivity contribution >= 4 is 28.0 Å². The number of aromatic nitrogens is 1. The van der Waals surface area contributed by atoms with Crippen LogP contribution < -0.4 is 5.32 Å². The van der Waals surface area contributed by atoms with Gasteiger partial charge in [0.05, 0.1) is 17.7 Å². The molecule has 5 nitrogen and oxygen atoms in total. The van der Waals surface area contributed by atoms with Crippen LogP contribution in [0.1, 0.15) is 45.9 Å². The van der Waals surface area contributed by atoms with Gasteiger partial charge in [0, 0.05) is 42.2 Å². The van der Waals surface area contributed by atoms with E-state index in [2.05, 4.69) is 63.7 Å². The summed E-state index contributed by atoms with van der Waals surface area (Å²) in [6.07, 6.45) is 5.72. The zero-order valence-electron chi connectivity index (χ0n) is 19.8. The third-order valence-corrected chi connectivity index (χ3v) is 8.60. The summed E-state index contributed by atoms with van der Waals surface area (Å²) in [5.74, 6) is -0.0342. The van der Waals surface area contributed by atoms with Gasteiger partial charge >= 0.3 is 0 Å². The number of benzene rings is 2. The van der Waals surface area contributed by atoms with Gasteiger partial charge < -0.3 is 10.1 Å². The van der Waals surface area contributed by atoms with E-state index in [9.17, 15) is 4.79 Å². The lowest BCUT2D eigenvalue weighted by Gasteiger charge is -2.44. The van der Waals surface area contributed by atoms with Gasteiger partial charge in [0.2, 0.25) is 0 Å². The summed E-state index contributed by atoms with van der Waals surface area (Å²) in [5.41, 5.74) is 4.48. The van der Waals surface area contributed by atoms with E-state index >= 15 is 0 Å². The Balaban J connectivity index is 1.25. The molecule has 4 aromatic rings. The van der Waals surface area contributed by atoms with Gasteiger partial charge in [0.25, 0.3) is 5.91 Å². The van der Waals surface area contributed by atoms with Gasteiger partial charge in [-0.1, -0.05) is 42.5 Å². The molecule has 2 aromatic heterocycles. The molecular weight excluding hydrogens is 454 g/mol. The van der Waals surface area contributed by atoms with E-state index in [1.54, 1.807) is 7.11 Å². The number of likely N-dealkylation sites (tertiary alicyclic amines) is 1. The molecule has 1 N–H and O–H groups in total. The van der Waals surface area contributed by atoms with Gasteiger partial charge in [0.15, 0.2) is 0 Å². The molecule has 1 aliphatic heterocycles. The Kier molecular flexibility index (Phi) is 5.88. The first-order valence-electron chi connectivity index (χ1n) is 12.2. The maximum absolute atomic E-state index is 13.0. The third kappa shape index (κ3) is 3.86. The SMILES string of the molecule is CO[C@H]1[C@H](NC(=O)c2ccsc2)c2ccccc2C12CCN(Cc1cccc3cnccc13)CC2. The van der Waals surface area contributed by atoms with Crippen LogP contribution in [0, 0.1) is 0 Å². The Hall–Kier alpha value is -3.06. The summed E-state index contributed by atoms with van der Waals surface area (Å²) >= 11 is 1.54. The molecule has 1 amide bonds. The molecule has 0 bridgehead atoms. The predicted octanol–water partition coefficient (Wildman–Crippen LogP) is 5.33. The zero-order valence-corrected chi connectivity index (χ0v) is 20.6. The van der Waals surface area contributed by atoms with E-state index in [-0.39, 0.29) is 23.5 Å². The fraction of sp³-hybridized carbons (Fsp3) is 0.310. The van der Waals surface area contributed by atoms with E-state index in [4.69, 9.17) is 4.74 Å². The first-order valence-corrected chi connectivity index (χ1v) is 13.1. The number of nitrogens with zero attached hydrogens (tertiary/aromatic N) is 2. The highest BCUT2D eigenvalue weighted by Crippen LogP contribution is 2.52. The molecular formula is C29H29N3O2S. The third-order valence-electron chi connectivity index (χ3n) is 7.92. The minimum absolute atomic E-state index is 0.0342. The second-order valence-corrected chi connectivity index (χ2v) is 10.4. The Morgan fingerprint density at radius 2 is 2.00 bits per heavy atom. The van der Waals surface area contributed by atoms with Crippen molar-refractivity contribution in [1.82, 2.24) is 15.2 Å². The second kappa shape index (κ2) is 9.19. The Labute approximate surface area is 209 Å². The van der Waals surface area contributed by atoms with Crippen molar-refractivity contribution < 1.29 is 9.53 Å². The van der Waals surface area contributed by atoms with Crippen LogP contribution in [0.5, 0.6) is 0 Å². The van der Waals surface area contributed by atoms with E-state index in [1.165, 1.54) is 38.8 Å². The molecule has 2 aromatic carbocycles. The number of carbonyl (C=O) groups is 1. The number of ether oxygens (including phenoxy) is 1. The van der Waals surface area contributed by atoms with Gasteiger partial charge in [-0.25, -0.2) is 0 Å². The van der Waals surface area contributed by atoms with E-state index in [1.807, 2.05) is 29.2 Å². The molecule has 1 saturated heterocycles. The Morgan fingerprint density at radius 3 is 2.80 bits per heavy atom. The van der Waals surface area contributed by atoms with E-state index in [0.717, 1.165) is 32.5 Å². The van der Waals surface area contributed by atoms with Gasteiger partial charge in [-0.05, 0) is 65.5 Å². The second-order valence-electron chi connectivity index (χ2n) is 9.65. The fourth-order valence-electron chi connectivity index (χ4n) is 6.22. The number of hydrogen-bond acceptors (Lipinski definition) is 5. The average molecular weight is 484 g/mol. The fourth-order valence-corrected chi connectivity index (χ4v) is 6.86. The van der Waals surface area contributed by atoms with Crippen LogP contribution in [0.15, 0.2) is 77.8 Å². The molecule has 2 aliphatic rings. The first kappa shape index (κ1) is 22.4. The van der Waals surface area contributed by atoms with Gasteiger partial charge in [0.1, 0.15) is 0 Å². The molecule has 0 unspecified atom stereocenters. The minimum Gasteiger partial charge on any atom is -0.378 e. The zero-order chi connectivity index (χ0) is 23.8. The summed E-state index contributed by atoms with van der Waals surface area (Å²) in [6, 6.07) is 18.9. The van der Waals surface area contributed by atoms with Crippen LogP contribution in [0.4, 0.5) is 0 Å². The van der Waals surface area contributed by atoms with Crippen molar-refractivity contribution in [2.75, 3.05) is 20.2 Å². The summed E-state index contributed by atoms with van der Waals surface area (Å²) in [7, 11) is 1.79. The number of nitrogens with one attached hydrogen (secondary N) is 1. The summed E-state index contributed by atoms with van der Waals surface area (Å²) < 4.78 is 6.19. The lowest BCUT2D eigenvalue weighted by atomic mass is 9.71. The van der Waals surface area contributed by atoms with Crippen molar-refractivity contribution in [3.05, 3.63) is 100 Å². The van der Waals surface area contributed by atoms with E-state index in [0.29, 0.717) is 5.56 Å². The Morgan fingerprint density at radius 1 is 1.14 bits per heavy atom. The average Bonchev–Trinajstić information content (AvgIpc) is 3.52. The number of amides is 1. The monoisotopic (exact) mass is 483 g/mol. The van der Waals surface area contributed by atoms with Crippen LogP contribution in [-0.4, -0.2) is 42.1 Å². The normalized spacial score (nSPS) is 21.3. The summed E-state index contributed by atoms with van der Waals surface area (Å²) in [4.78, 5) is 19.8. The molecule has 1 fully saturated rings. The van der Waals surface area contributed by atoms with Crippen molar-refractivity contribution in [2.24, 2.45) is 0 Å². The molecule has 1 spiro atoms. The van der Waals surface area contributed by atoms with Crippen molar-refractivity contribution in [2.45, 2.75) is 36.9 Å². The van der Waals surface area contributed by atoms with Crippen LogP contribution >= 0.6 is 11.3 Å². The first-order chi connectivity index (χ1) is 17.2. The molecule has 1 aliphatic carbocycles. The number of piperidine rings is 1. The molecule has 2 atom stereocenters. The van der Waals surface area contributed by atoms with Crippen molar-refractivity contribution in [1.29, 1.82) is 0 Å². The number of rotatable bonds is 5. The number of hydrogen-bond donors (Lipinski definition) is 1. The molecule has 6 rings (SSSR count). The highest BCUT2D eigenvalue weighted by Gasteiger charge is 2.54. The minimum atomic E-state index is -0.152. The van der Waals surface area contributed by atoms with Gasteiger partial charge in [-0.2, -0.15) is 11.3 Å². The summed E-state index contributed by atoms with van der Waals surface area (Å²) in [6.45, 7) is 2.90. The summed E-state index contributed by atoms with van der Waals surface area (Å²) in [5, 5.41) is 9.61. The molecule has 6 heteroatoms. The van der Waals surface area contributed by atoms with Gasteiger partial charge in [-0.15, -0.1) is 0 Å². The van der Waals surface area contributed by atoms with Gasteiger partial charge in [-0.3, -0.25) is 14.7 Å². The number of thiophene rings is 1. The largest absolute Gasteiger partial charge is 0.378 e. The molecule has 0 radical (unpaired) electrons. The van der Waals surface area contributed by atoms with Crippen molar-refractivity contribution in [3.63, 3.8) is 0 Å². The van der Waals surface area contributed by atoms with Crippen LogP contribution in [0.25, 0.3) is 10.8 Å². The smallest absolute Gasteiger partial charge is 0.252 e. The number of methoxy groups -OCH3 is 1. The topological polar surface area (TPSA) is 54.5 Å². The quantitative estimate of drug-likeness (QED) is 0.417. The van der Waals surface area contributed by atoms with Crippen molar-refractivity contribution in [3.8, 4) is 0 Å². The lowest BCUT2D eigenvalue weighted by Crippen LogP contribution is -2.50. The predicted molar refractivity (Wildman–Crippen MR) is 140 cm³/mol. The molecule has 178 valence electrons. The number of pyridine rings is 1. The molecule has 0 saturated carbocycles. The standard InChI is InChI=1S/C29H29N3O2S/c1-34-27-26(31-28(33)22-10-16-35-19-22)24-7-2-3-8-25(24)29(27)11-14-32(15-12-29)18-21-6-4-5-20-17-30-13-9-23(20)21/h2-10,13,16-17,19,26-27H,11-12,14-15,18H2,1H3,(H,31,33)/t26-,27+/m1/s1. The Bertz CT molecular complexity index is 1340. The van der Waals surface area contributed by atoms with Crippen LogP contribution in [-0.2, 0) is 16.7 Å². The van der Waals surface area contributed by atoms with Crippen LogP contribution in [0.2, 0.25) is 0 Å². The molecule has 35 heavy (non-hydrogen) atoms. The van der Waals surface area contributed by atoms with Crippen LogP contribution in [0.3, 0.4) is 0 Å². The highest BCUT2D eigenvalue weighted by molar-refractivity contribution is 7.08. The molecule has 3 heterocycles. The lowest BCUT2D eigenvalue weighted by molar-refractivity contribution is -0.0121. The number of fused-ring (bicyclic) bond motifs is 3.